The van der Waals surface area contributed by atoms with E-state index in [1.165, 1.54) is 4.90 Å². The molecule has 3 aromatic rings. The topological polar surface area (TPSA) is 98.6 Å². The summed E-state index contributed by atoms with van der Waals surface area (Å²) in [6, 6.07) is 7.80. The Labute approximate surface area is 191 Å². The van der Waals surface area contributed by atoms with Crippen molar-refractivity contribution in [1.29, 1.82) is 0 Å². The van der Waals surface area contributed by atoms with E-state index >= 15 is 0 Å². The molecular weight excluding hydrogens is 422 g/mol. The molecule has 2 amide bonds. The van der Waals surface area contributed by atoms with Crippen molar-refractivity contribution >= 4 is 28.7 Å². The molecular formula is C24H27N5O4. The number of carbonyl (C=O) groups excluding carboxylic acids is 2. The second-order valence-corrected chi connectivity index (χ2v) is 9.30. The van der Waals surface area contributed by atoms with Gasteiger partial charge < -0.3 is 19.4 Å². The summed E-state index contributed by atoms with van der Waals surface area (Å²) in [5, 5.41) is 2.86. The van der Waals surface area contributed by atoms with Gasteiger partial charge in [-0.2, -0.15) is 0 Å². The number of anilines is 1. The highest BCUT2D eigenvalue weighted by Crippen LogP contribution is 2.40. The standard InChI is InChI=1S/C24H27N5O4/c1-13(15-9-20(30)25-11-15)32-22-21-18(26-12-28(21)4)10-17(27-22)14-6-7-16-19(8-14)29(5)23(31)33-24(16,2)3/h6-8,10,12-13,15H,9,11H2,1-5H3,(H,25,30). The number of ether oxygens (including phenoxy) is 2. The summed E-state index contributed by atoms with van der Waals surface area (Å²) in [7, 11) is 3.60. The van der Waals surface area contributed by atoms with E-state index in [9.17, 15) is 9.59 Å². The Bertz CT molecular complexity index is 1280. The van der Waals surface area contributed by atoms with E-state index in [2.05, 4.69) is 10.3 Å². The van der Waals surface area contributed by atoms with E-state index in [0.29, 0.717) is 24.5 Å². The Morgan fingerprint density at radius 1 is 1.24 bits per heavy atom. The maximum atomic E-state index is 12.3. The number of aryl methyl sites for hydroxylation is 1. The number of nitrogens with zero attached hydrogens (tertiary/aromatic N) is 4. The number of amides is 2. The fraction of sp³-hybridized carbons (Fsp3) is 0.417. The highest BCUT2D eigenvalue weighted by atomic mass is 16.6. The fourth-order valence-electron chi connectivity index (χ4n) is 4.52. The predicted molar refractivity (Wildman–Crippen MR) is 123 cm³/mol. The van der Waals surface area contributed by atoms with Gasteiger partial charge in [-0.3, -0.25) is 9.69 Å². The third-order valence-corrected chi connectivity index (χ3v) is 6.55. The van der Waals surface area contributed by atoms with Crippen LogP contribution in [0.15, 0.2) is 30.6 Å². The molecule has 4 heterocycles. The van der Waals surface area contributed by atoms with Gasteiger partial charge in [-0.15, -0.1) is 0 Å². The summed E-state index contributed by atoms with van der Waals surface area (Å²) in [6.07, 6.45) is 1.58. The van der Waals surface area contributed by atoms with Crippen LogP contribution in [0.2, 0.25) is 0 Å². The zero-order valence-electron chi connectivity index (χ0n) is 19.4. The number of nitrogens with one attached hydrogen (secondary N) is 1. The lowest BCUT2D eigenvalue weighted by Crippen LogP contribution is -2.41. The lowest BCUT2D eigenvalue weighted by atomic mass is 9.92. The second kappa shape index (κ2) is 7.47. The molecule has 1 fully saturated rings. The molecule has 0 aliphatic carbocycles. The van der Waals surface area contributed by atoms with Crippen molar-refractivity contribution in [3.05, 3.63) is 36.2 Å². The summed E-state index contributed by atoms with van der Waals surface area (Å²) in [6.45, 7) is 6.31. The van der Waals surface area contributed by atoms with Crippen LogP contribution in [0.3, 0.4) is 0 Å². The molecule has 0 spiro atoms. The number of cyclic esters (lactones) is 1. The van der Waals surface area contributed by atoms with Crippen molar-refractivity contribution in [3.8, 4) is 17.1 Å². The highest BCUT2D eigenvalue weighted by Gasteiger charge is 2.37. The Balaban J connectivity index is 1.57. The summed E-state index contributed by atoms with van der Waals surface area (Å²) in [5.41, 5.74) is 4.08. The molecule has 0 radical (unpaired) electrons. The molecule has 5 rings (SSSR count). The third-order valence-electron chi connectivity index (χ3n) is 6.55. The zero-order valence-corrected chi connectivity index (χ0v) is 19.4. The van der Waals surface area contributed by atoms with E-state index in [1.54, 1.807) is 13.4 Å². The summed E-state index contributed by atoms with van der Waals surface area (Å²) in [5.74, 6) is 0.597. The molecule has 172 valence electrons. The number of hydrogen-bond donors (Lipinski definition) is 1. The van der Waals surface area contributed by atoms with Crippen LogP contribution in [0.4, 0.5) is 10.5 Å². The first-order valence-electron chi connectivity index (χ1n) is 11.0. The minimum Gasteiger partial charge on any atom is -0.473 e. The van der Waals surface area contributed by atoms with E-state index in [1.807, 2.05) is 56.7 Å². The van der Waals surface area contributed by atoms with Gasteiger partial charge in [0.1, 0.15) is 17.2 Å². The molecule has 0 saturated carbocycles. The van der Waals surface area contributed by atoms with Crippen LogP contribution >= 0.6 is 0 Å². The Morgan fingerprint density at radius 3 is 2.76 bits per heavy atom. The van der Waals surface area contributed by atoms with E-state index in [-0.39, 0.29) is 17.9 Å². The Kier molecular flexibility index (Phi) is 4.81. The number of aromatic nitrogens is 3. The van der Waals surface area contributed by atoms with Gasteiger partial charge in [0, 0.05) is 44.1 Å². The van der Waals surface area contributed by atoms with Crippen molar-refractivity contribution in [2.75, 3.05) is 18.5 Å². The normalized spacial score (nSPS) is 20.4. The van der Waals surface area contributed by atoms with Gasteiger partial charge in [0.15, 0.2) is 0 Å². The second-order valence-electron chi connectivity index (χ2n) is 9.30. The first-order chi connectivity index (χ1) is 15.6. The SMILES string of the molecule is CC(Oc1nc(-c2ccc3c(c2)N(C)C(=O)OC3(C)C)cc2ncn(C)c12)C1CNC(=O)C1. The van der Waals surface area contributed by atoms with Gasteiger partial charge in [-0.05, 0) is 32.9 Å². The molecule has 1 aromatic carbocycles. The Morgan fingerprint density at radius 2 is 2.03 bits per heavy atom. The van der Waals surface area contributed by atoms with Crippen molar-refractivity contribution in [2.45, 2.75) is 38.9 Å². The van der Waals surface area contributed by atoms with Gasteiger partial charge in [-0.25, -0.2) is 14.8 Å². The number of fused-ring (bicyclic) bond motifs is 2. The van der Waals surface area contributed by atoms with Crippen LogP contribution in [-0.2, 0) is 22.2 Å². The molecule has 2 aliphatic rings. The van der Waals surface area contributed by atoms with Crippen LogP contribution in [-0.4, -0.2) is 46.2 Å². The molecule has 33 heavy (non-hydrogen) atoms. The molecule has 1 saturated heterocycles. The van der Waals surface area contributed by atoms with Crippen LogP contribution < -0.4 is 15.0 Å². The van der Waals surface area contributed by atoms with Crippen molar-refractivity contribution in [2.24, 2.45) is 13.0 Å². The number of carbonyl (C=O) groups is 2. The molecule has 2 atom stereocenters. The van der Waals surface area contributed by atoms with Crippen molar-refractivity contribution < 1.29 is 19.1 Å². The predicted octanol–water partition coefficient (Wildman–Crippen LogP) is 3.36. The summed E-state index contributed by atoms with van der Waals surface area (Å²) >= 11 is 0. The number of imidazole rings is 1. The van der Waals surface area contributed by atoms with Gasteiger partial charge in [-0.1, -0.05) is 12.1 Å². The van der Waals surface area contributed by atoms with E-state index < -0.39 is 11.7 Å². The Hall–Kier alpha value is -3.62. The van der Waals surface area contributed by atoms with Gasteiger partial charge >= 0.3 is 6.09 Å². The average molecular weight is 450 g/mol. The monoisotopic (exact) mass is 449 g/mol. The number of rotatable bonds is 4. The van der Waals surface area contributed by atoms with Gasteiger partial charge in [0.05, 0.1) is 23.2 Å². The van der Waals surface area contributed by atoms with Crippen LogP contribution in [0.5, 0.6) is 5.88 Å². The molecule has 9 nitrogen and oxygen atoms in total. The summed E-state index contributed by atoms with van der Waals surface area (Å²) in [4.78, 5) is 34.9. The number of pyridine rings is 1. The molecule has 1 N–H and O–H groups in total. The zero-order chi connectivity index (χ0) is 23.5. The first kappa shape index (κ1) is 21.2. The van der Waals surface area contributed by atoms with Crippen LogP contribution in [0.25, 0.3) is 22.3 Å². The largest absolute Gasteiger partial charge is 0.473 e. The summed E-state index contributed by atoms with van der Waals surface area (Å²) < 4.78 is 13.7. The lowest BCUT2D eigenvalue weighted by Gasteiger charge is -2.37. The minimum absolute atomic E-state index is 0.0440. The molecule has 0 bridgehead atoms. The van der Waals surface area contributed by atoms with E-state index in [0.717, 1.165) is 27.8 Å². The van der Waals surface area contributed by atoms with Crippen LogP contribution in [0.1, 0.15) is 32.8 Å². The number of hydrogen-bond acceptors (Lipinski definition) is 6. The molecule has 2 unspecified atom stereocenters. The fourth-order valence-corrected chi connectivity index (χ4v) is 4.52. The lowest BCUT2D eigenvalue weighted by molar-refractivity contribution is -0.119. The van der Waals surface area contributed by atoms with Crippen LogP contribution in [0, 0.1) is 5.92 Å². The minimum atomic E-state index is -0.716. The van der Waals surface area contributed by atoms with Gasteiger partial charge in [0.2, 0.25) is 11.8 Å². The van der Waals surface area contributed by atoms with Gasteiger partial charge in [0.25, 0.3) is 0 Å². The van der Waals surface area contributed by atoms with Crippen molar-refractivity contribution in [1.82, 2.24) is 19.9 Å². The first-order valence-corrected chi connectivity index (χ1v) is 11.0. The molecule has 2 aromatic heterocycles. The van der Waals surface area contributed by atoms with Crippen molar-refractivity contribution in [3.63, 3.8) is 0 Å². The number of benzene rings is 1. The highest BCUT2D eigenvalue weighted by molar-refractivity contribution is 5.92. The third kappa shape index (κ3) is 3.57. The molecule has 2 aliphatic heterocycles. The molecule has 9 heteroatoms. The maximum absolute atomic E-state index is 12.3. The van der Waals surface area contributed by atoms with E-state index in [4.69, 9.17) is 14.5 Å². The maximum Gasteiger partial charge on any atom is 0.414 e. The average Bonchev–Trinajstić information content (AvgIpc) is 3.37. The quantitative estimate of drug-likeness (QED) is 0.656. The smallest absolute Gasteiger partial charge is 0.414 e.